The fraction of sp³-hybridized carbons (Fsp3) is 0.286. The number of nitrogens with one attached hydrogen (secondary N) is 1. The second kappa shape index (κ2) is 7.12. The number of hydrogen-bond donors (Lipinski definition) is 1. The van der Waals surface area contributed by atoms with Crippen LogP contribution < -0.4 is 10.9 Å². The molecule has 1 heterocycles. The van der Waals surface area contributed by atoms with Crippen LogP contribution in [0.3, 0.4) is 0 Å². The van der Waals surface area contributed by atoms with Crippen LogP contribution >= 0.6 is 0 Å². The lowest BCUT2D eigenvalue weighted by atomic mass is 9.95. The van der Waals surface area contributed by atoms with Crippen LogP contribution in [0.25, 0.3) is 16.6 Å². The number of fused-ring (bicyclic) bond motifs is 1. The molecule has 26 heavy (non-hydrogen) atoms. The van der Waals surface area contributed by atoms with E-state index in [1.165, 1.54) is 30.2 Å². The van der Waals surface area contributed by atoms with Crippen LogP contribution in [0.5, 0.6) is 0 Å². The molecule has 0 aliphatic heterocycles. The van der Waals surface area contributed by atoms with E-state index < -0.39 is 0 Å². The molecule has 2 aromatic carbocycles. The Balaban J connectivity index is 1.64. The minimum absolute atomic E-state index is 0.0900. The van der Waals surface area contributed by atoms with E-state index in [0.29, 0.717) is 16.5 Å². The highest BCUT2D eigenvalue weighted by Crippen LogP contribution is 2.18. The minimum Gasteiger partial charge on any atom is -0.349 e. The summed E-state index contributed by atoms with van der Waals surface area (Å²) in [6.45, 7) is 0. The van der Waals surface area contributed by atoms with Crippen molar-refractivity contribution in [2.24, 2.45) is 0 Å². The third-order valence-electron chi connectivity index (χ3n) is 5.00. The number of aromatic nitrogens is 2. The lowest BCUT2D eigenvalue weighted by molar-refractivity contribution is 0.0928. The van der Waals surface area contributed by atoms with E-state index in [9.17, 15) is 9.59 Å². The van der Waals surface area contributed by atoms with Gasteiger partial charge >= 0.3 is 0 Å². The maximum Gasteiger partial charge on any atom is 0.265 e. The van der Waals surface area contributed by atoms with Crippen molar-refractivity contribution < 1.29 is 4.79 Å². The molecular formula is C21H21N3O2. The average molecular weight is 347 g/mol. The van der Waals surface area contributed by atoms with Crippen molar-refractivity contribution in [3.63, 3.8) is 0 Å². The molecule has 1 N–H and O–H groups in total. The van der Waals surface area contributed by atoms with Gasteiger partial charge in [0.2, 0.25) is 0 Å². The summed E-state index contributed by atoms with van der Waals surface area (Å²) < 4.78 is 1.52. The molecule has 1 aliphatic carbocycles. The van der Waals surface area contributed by atoms with Gasteiger partial charge in [0.05, 0.1) is 16.6 Å². The van der Waals surface area contributed by atoms with Crippen molar-refractivity contribution in [2.75, 3.05) is 0 Å². The van der Waals surface area contributed by atoms with Crippen molar-refractivity contribution in [1.82, 2.24) is 14.9 Å². The molecule has 132 valence electrons. The van der Waals surface area contributed by atoms with Crippen LogP contribution in [0, 0.1) is 0 Å². The van der Waals surface area contributed by atoms with Crippen LogP contribution in [0.4, 0.5) is 0 Å². The topological polar surface area (TPSA) is 64.0 Å². The van der Waals surface area contributed by atoms with E-state index in [1.807, 2.05) is 30.3 Å². The molecule has 4 rings (SSSR count). The van der Waals surface area contributed by atoms with Crippen LogP contribution in [0.2, 0.25) is 0 Å². The minimum atomic E-state index is -0.138. The van der Waals surface area contributed by atoms with E-state index in [-0.39, 0.29) is 17.5 Å². The first-order valence-electron chi connectivity index (χ1n) is 9.10. The van der Waals surface area contributed by atoms with Gasteiger partial charge in [0.15, 0.2) is 0 Å². The summed E-state index contributed by atoms with van der Waals surface area (Å²) in [5.74, 6) is -0.0900. The fourth-order valence-electron chi connectivity index (χ4n) is 3.55. The summed E-state index contributed by atoms with van der Waals surface area (Å²) in [5, 5.41) is 3.61. The van der Waals surface area contributed by atoms with Gasteiger partial charge in [-0.05, 0) is 43.2 Å². The molecule has 5 nitrogen and oxygen atoms in total. The number of rotatable bonds is 3. The van der Waals surface area contributed by atoms with Crippen molar-refractivity contribution >= 4 is 16.8 Å². The lowest BCUT2D eigenvalue weighted by Gasteiger charge is -2.22. The highest BCUT2D eigenvalue weighted by atomic mass is 16.1. The average Bonchev–Trinajstić information content (AvgIpc) is 2.69. The molecular weight excluding hydrogens is 326 g/mol. The molecule has 1 aliphatic rings. The molecule has 0 bridgehead atoms. The van der Waals surface area contributed by atoms with E-state index in [1.54, 1.807) is 18.2 Å². The molecule has 1 saturated carbocycles. The largest absolute Gasteiger partial charge is 0.349 e. The Bertz CT molecular complexity index is 989. The van der Waals surface area contributed by atoms with Crippen LogP contribution in [0.15, 0.2) is 59.7 Å². The highest BCUT2D eigenvalue weighted by Gasteiger charge is 2.17. The first-order chi connectivity index (χ1) is 12.7. The molecule has 0 atom stereocenters. The normalized spacial score (nSPS) is 15.1. The first-order valence-corrected chi connectivity index (χ1v) is 9.10. The number of carbonyl (C=O) groups excluding carboxylic acids is 1. The zero-order valence-electron chi connectivity index (χ0n) is 14.5. The Morgan fingerprint density at radius 3 is 2.58 bits per heavy atom. The molecule has 1 aromatic heterocycles. The number of benzene rings is 2. The molecule has 5 heteroatoms. The van der Waals surface area contributed by atoms with Gasteiger partial charge in [-0.15, -0.1) is 0 Å². The first kappa shape index (κ1) is 16.5. The Morgan fingerprint density at radius 2 is 1.81 bits per heavy atom. The zero-order chi connectivity index (χ0) is 17.9. The molecule has 1 fully saturated rings. The van der Waals surface area contributed by atoms with Gasteiger partial charge in [0, 0.05) is 11.6 Å². The summed E-state index contributed by atoms with van der Waals surface area (Å²) in [5.41, 5.74) is 1.72. The Kier molecular flexibility index (Phi) is 4.52. The van der Waals surface area contributed by atoms with Crippen LogP contribution in [0.1, 0.15) is 42.5 Å². The van der Waals surface area contributed by atoms with Crippen molar-refractivity contribution in [3.05, 3.63) is 70.8 Å². The van der Waals surface area contributed by atoms with Crippen molar-refractivity contribution in [3.8, 4) is 5.69 Å². The van der Waals surface area contributed by atoms with Crippen molar-refractivity contribution in [1.29, 1.82) is 0 Å². The zero-order valence-corrected chi connectivity index (χ0v) is 14.5. The molecule has 3 aromatic rings. The SMILES string of the molecule is O=C(NC1CCCCC1)c1ccc2c(=O)n(-c3ccccc3)cnc2c1. The van der Waals surface area contributed by atoms with Gasteiger partial charge in [0.25, 0.3) is 11.5 Å². The summed E-state index contributed by atoms with van der Waals surface area (Å²) in [6.07, 6.45) is 7.19. The summed E-state index contributed by atoms with van der Waals surface area (Å²) in [7, 11) is 0. The quantitative estimate of drug-likeness (QED) is 0.789. The Labute approximate surface area is 151 Å². The highest BCUT2D eigenvalue weighted by molar-refractivity contribution is 5.97. The number of para-hydroxylation sites is 1. The second-order valence-corrected chi connectivity index (χ2v) is 6.80. The lowest BCUT2D eigenvalue weighted by Crippen LogP contribution is -2.36. The molecule has 0 radical (unpaired) electrons. The number of amides is 1. The maximum absolute atomic E-state index is 12.7. The smallest absolute Gasteiger partial charge is 0.265 e. The summed E-state index contributed by atoms with van der Waals surface area (Å²) in [6, 6.07) is 14.7. The summed E-state index contributed by atoms with van der Waals surface area (Å²) >= 11 is 0. The molecule has 0 saturated heterocycles. The third-order valence-corrected chi connectivity index (χ3v) is 5.00. The third kappa shape index (κ3) is 3.25. The van der Waals surface area contributed by atoms with Gasteiger partial charge in [0.1, 0.15) is 6.33 Å². The fourth-order valence-corrected chi connectivity index (χ4v) is 3.55. The standard InChI is InChI=1S/C21H21N3O2/c25-20(23-16-7-3-1-4-8-16)15-11-12-18-19(13-15)22-14-24(21(18)26)17-9-5-2-6-10-17/h2,5-6,9-14,16H,1,3-4,7-8H2,(H,23,25). The van der Waals surface area contributed by atoms with E-state index in [0.717, 1.165) is 18.5 Å². The molecule has 1 amide bonds. The summed E-state index contributed by atoms with van der Waals surface area (Å²) in [4.78, 5) is 29.6. The number of nitrogens with zero attached hydrogens (tertiary/aromatic N) is 2. The van der Waals surface area contributed by atoms with Gasteiger partial charge < -0.3 is 5.32 Å². The second-order valence-electron chi connectivity index (χ2n) is 6.80. The molecule has 0 unspecified atom stereocenters. The van der Waals surface area contributed by atoms with Crippen LogP contribution in [-0.2, 0) is 0 Å². The van der Waals surface area contributed by atoms with Gasteiger partial charge in [-0.1, -0.05) is 37.5 Å². The Hall–Kier alpha value is -2.95. The van der Waals surface area contributed by atoms with Gasteiger partial charge in [-0.2, -0.15) is 0 Å². The van der Waals surface area contributed by atoms with E-state index in [4.69, 9.17) is 0 Å². The van der Waals surface area contributed by atoms with Gasteiger partial charge in [-0.25, -0.2) is 4.98 Å². The van der Waals surface area contributed by atoms with E-state index in [2.05, 4.69) is 10.3 Å². The predicted molar refractivity (Wildman–Crippen MR) is 102 cm³/mol. The number of carbonyl (C=O) groups is 1. The maximum atomic E-state index is 12.7. The van der Waals surface area contributed by atoms with Gasteiger partial charge in [-0.3, -0.25) is 14.2 Å². The monoisotopic (exact) mass is 347 g/mol. The molecule has 0 spiro atoms. The predicted octanol–water partition coefficient (Wildman–Crippen LogP) is 3.45. The number of hydrogen-bond acceptors (Lipinski definition) is 3. The van der Waals surface area contributed by atoms with Crippen LogP contribution in [-0.4, -0.2) is 21.5 Å². The van der Waals surface area contributed by atoms with E-state index >= 15 is 0 Å². The Morgan fingerprint density at radius 1 is 1.04 bits per heavy atom. The van der Waals surface area contributed by atoms with Crippen molar-refractivity contribution in [2.45, 2.75) is 38.1 Å².